The maximum Gasteiger partial charge on any atom is 0.0705 e. The van der Waals surface area contributed by atoms with Crippen molar-refractivity contribution in [3.8, 4) is 0 Å². The van der Waals surface area contributed by atoms with Crippen molar-refractivity contribution < 1.29 is 0 Å². The van der Waals surface area contributed by atoms with Crippen LogP contribution >= 0.6 is 12.4 Å². The van der Waals surface area contributed by atoms with Gasteiger partial charge in [-0.1, -0.05) is 12.1 Å². The minimum absolute atomic E-state index is 0. The molecule has 1 saturated heterocycles. The van der Waals surface area contributed by atoms with Gasteiger partial charge in [0.05, 0.1) is 5.52 Å². The Morgan fingerprint density at radius 2 is 2.00 bits per heavy atom. The summed E-state index contributed by atoms with van der Waals surface area (Å²) in [4.78, 5) is 7.32. The van der Waals surface area contributed by atoms with E-state index in [9.17, 15) is 0 Å². The first-order valence-electron chi connectivity index (χ1n) is 8.12. The average Bonchev–Trinajstić information content (AvgIpc) is 3.19. The van der Waals surface area contributed by atoms with Crippen LogP contribution < -0.4 is 5.32 Å². The fraction of sp³-hybridized carbons (Fsp3) is 0.500. The quantitative estimate of drug-likeness (QED) is 0.938. The average molecular weight is 318 g/mol. The molecule has 4 rings (SSSR count). The molecule has 2 fully saturated rings. The first-order chi connectivity index (χ1) is 10.3. The van der Waals surface area contributed by atoms with Crippen molar-refractivity contribution in [2.24, 2.45) is 0 Å². The van der Waals surface area contributed by atoms with Crippen LogP contribution in [0.25, 0.3) is 10.9 Å². The molecule has 2 aromatic rings. The maximum absolute atomic E-state index is 4.60. The molecule has 1 aromatic carbocycles. The fourth-order valence-corrected chi connectivity index (χ4v) is 3.47. The van der Waals surface area contributed by atoms with Gasteiger partial charge in [-0.15, -0.1) is 12.4 Å². The van der Waals surface area contributed by atoms with E-state index in [0.29, 0.717) is 0 Å². The minimum atomic E-state index is 0. The van der Waals surface area contributed by atoms with Gasteiger partial charge in [0, 0.05) is 36.3 Å². The second kappa shape index (κ2) is 6.53. The number of benzene rings is 1. The van der Waals surface area contributed by atoms with E-state index in [0.717, 1.165) is 36.4 Å². The largest absolute Gasteiger partial charge is 0.315 e. The van der Waals surface area contributed by atoms with E-state index in [1.807, 2.05) is 0 Å². The van der Waals surface area contributed by atoms with Gasteiger partial charge in [-0.2, -0.15) is 0 Å². The van der Waals surface area contributed by atoms with Gasteiger partial charge < -0.3 is 5.32 Å². The van der Waals surface area contributed by atoms with Crippen molar-refractivity contribution in [3.05, 3.63) is 41.6 Å². The number of hydrogen-bond acceptors (Lipinski definition) is 3. The molecule has 1 unspecified atom stereocenters. The lowest BCUT2D eigenvalue weighted by Gasteiger charge is -2.28. The van der Waals surface area contributed by atoms with Crippen LogP contribution in [0.15, 0.2) is 30.3 Å². The molecule has 2 heterocycles. The van der Waals surface area contributed by atoms with Crippen LogP contribution in [0.4, 0.5) is 0 Å². The zero-order valence-electron chi connectivity index (χ0n) is 13.1. The summed E-state index contributed by atoms with van der Waals surface area (Å²) in [6.45, 7) is 5.47. The number of nitrogens with one attached hydrogen (secondary N) is 1. The van der Waals surface area contributed by atoms with Crippen LogP contribution in [0.5, 0.6) is 0 Å². The lowest BCUT2D eigenvalue weighted by atomic mass is 10.1. The third-order valence-corrected chi connectivity index (χ3v) is 4.78. The van der Waals surface area contributed by atoms with E-state index < -0.39 is 0 Å². The van der Waals surface area contributed by atoms with Crippen molar-refractivity contribution in [2.75, 3.05) is 13.1 Å². The highest BCUT2D eigenvalue weighted by molar-refractivity contribution is 5.85. The van der Waals surface area contributed by atoms with Gasteiger partial charge in [-0.3, -0.25) is 9.88 Å². The molecule has 2 aliphatic rings. The number of hydrogen-bond donors (Lipinski definition) is 1. The molecule has 0 bridgehead atoms. The summed E-state index contributed by atoms with van der Waals surface area (Å²) in [5, 5.41) is 4.77. The number of pyridine rings is 1. The monoisotopic (exact) mass is 317 g/mol. The number of fused-ring (bicyclic) bond motifs is 1. The van der Waals surface area contributed by atoms with Gasteiger partial charge in [-0.05, 0) is 56.5 Å². The molecule has 118 valence electrons. The Morgan fingerprint density at radius 3 is 2.73 bits per heavy atom. The zero-order valence-corrected chi connectivity index (χ0v) is 13.9. The Morgan fingerprint density at radius 1 is 1.14 bits per heavy atom. The summed E-state index contributed by atoms with van der Waals surface area (Å²) in [6, 6.07) is 12.6. The standard InChI is InChI=1S/C18H23N3.ClH/c1-13-2-4-15-10-14(3-7-18(15)20-13)12-21(16-5-6-16)17-8-9-19-11-17;/h2-4,7,10,16-17,19H,5-6,8-9,11-12H2,1H3;1H. The molecular weight excluding hydrogens is 294 g/mol. The molecule has 1 N–H and O–H groups in total. The smallest absolute Gasteiger partial charge is 0.0705 e. The van der Waals surface area contributed by atoms with Crippen molar-refractivity contribution >= 4 is 23.3 Å². The summed E-state index contributed by atoms with van der Waals surface area (Å²) >= 11 is 0. The van der Waals surface area contributed by atoms with E-state index in [1.165, 1.54) is 36.8 Å². The summed E-state index contributed by atoms with van der Waals surface area (Å²) in [6.07, 6.45) is 4.06. The summed E-state index contributed by atoms with van der Waals surface area (Å²) in [5.74, 6) is 0. The Hall–Kier alpha value is -1.16. The highest BCUT2D eigenvalue weighted by Crippen LogP contribution is 2.32. The molecule has 1 aliphatic heterocycles. The molecule has 0 amide bonds. The van der Waals surface area contributed by atoms with E-state index in [4.69, 9.17) is 0 Å². The molecule has 4 heteroatoms. The van der Waals surface area contributed by atoms with Gasteiger partial charge in [0.15, 0.2) is 0 Å². The van der Waals surface area contributed by atoms with E-state index in [-0.39, 0.29) is 12.4 Å². The second-order valence-electron chi connectivity index (χ2n) is 6.53. The molecular formula is C18H24ClN3. The topological polar surface area (TPSA) is 28.2 Å². The number of rotatable bonds is 4. The molecule has 1 atom stereocenters. The Labute approximate surface area is 138 Å². The third-order valence-electron chi connectivity index (χ3n) is 4.78. The highest BCUT2D eigenvalue weighted by Gasteiger charge is 2.34. The van der Waals surface area contributed by atoms with Gasteiger partial charge in [0.2, 0.25) is 0 Å². The predicted molar refractivity (Wildman–Crippen MR) is 93.6 cm³/mol. The molecule has 1 aromatic heterocycles. The van der Waals surface area contributed by atoms with Gasteiger partial charge in [-0.25, -0.2) is 0 Å². The van der Waals surface area contributed by atoms with Gasteiger partial charge in [0.25, 0.3) is 0 Å². The summed E-state index contributed by atoms with van der Waals surface area (Å²) in [7, 11) is 0. The SMILES string of the molecule is Cc1ccc2cc(CN(C3CC3)C3CCNC3)ccc2n1.Cl. The fourth-order valence-electron chi connectivity index (χ4n) is 3.47. The van der Waals surface area contributed by atoms with Gasteiger partial charge >= 0.3 is 0 Å². The molecule has 1 saturated carbocycles. The number of nitrogens with zero attached hydrogens (tertiary/aromatic N) is 2. The third kappa shape index (κ3) is 3.27. The zero-order chi connectivity index (χ0) is 14.2. The number of aryl methyl sites for hydroxylation is 1. The van der Waals surface area contributed by atoms with Crippen LogP contribution in [0, 0.1) is 6.92 Å². The van der Waals surface area contributed by atoms with Crippen molar-refractivity contribution in [1.82, 2.24) is 15.2 Å². The second-order valence-corrected chi connectivity index (χ2v) is 6.53. The summed E-state index contributed by atoms with van der Waals surface area (Å²) in [5.41, 5.74) is 3.62. The molecule has 0 spiro atoms. The van der Waals surface area contributed by atoms with Crippen LogP contribution in [-0.2, 0) is 6.54 Å². The Kier molecular flexibility index (Phi) is 4.67. The summed E-state index contributed by atoms with van der Waals surface area (Å²) < 4.78 is 0. The van der Waals surface area contributed by atoms with Crippen molar-refractivity contribution in [1.29, 1.82) is 0 Å². The molecule has 3 nitrogen and oxygen atoms in total. The highest BCUT2D eigenvalue weighted by atomic mass is 35.5. The van der Waals surface area contributed by atoms with Crippen molar-refractivity contribution in [3.63, 3.8) is 0 Å². The van der Waals surface area contributed by atoms with E-state index in [1.54, 1.807) is 0 Å². The van der Waals surface area contributed by atoms with Crippen molar-refractivity contribution in [2.45, 2.75) is 44.8 Å². The van der Waals surface area contributed by atoms with E-state index in [2.05, 4.69) is 52.5 Å². The number of halogens is 1. The van der Waals surface area contributed by atoms with Crippen LogP contribution in [0.3, 0.4) is 0 Å². The number of aromatic nitrogens is 1. The maximum atomic E-state index is 4.60. The molecule has 0 radical (unpaired) electrons. The minimum Gasteiger partial charge on any atom is -0.315 e. The normalized spacial score (nSPS) is 21.3. The Balaban J connectivity index is 0.00000144. The van der Waals surface area contributed by atoms with Crippen LogP contribution in [0.2, 0.25) is 0 Å². The van der Waals surface area contributed by atoms with Crippen LogP contribution in [0.1, 0.15) is 30.5 Å². The Bertz CT molecular complexity index is 648. The lowest BCUT2D eigenvalue weighted by Crippen LogP contribution is -2.38. The van der Waals surface area contributed by atoms with E-state index >= 15 is 0 Å². The van der Waals surface area contributed by atoms with Gasteiger partial charge in [0.1, 0.15) is 0 Å². The molecule has 1 aliphatic carbocycles. The lowest BCUT2D eigenvalue weighted by molar-refractivity contribution is 0.189. The first-order valence-corrected chi connectivity index (χ1v) is 8.12. The predicted octanol–water partition coefficient (Wildman–Crippen LogP) is 3.29. The first kappa shape index (κ1) is 15.7. The van der Waals surface area contributed by atoms with Crippen LogP contribution in [-0.4, -0.2) is 35.1 Å². The molecule has 22 heavy (non-hydrogen) atoms.